The van der Waals surface area contributed by atoms with Gasteiger partial charge in [0.1, 0.15) is 0 Å². The maximum atomic E-state index is 12.7. The highest BCUT2D eigenvalue weighted by molar-refractivity contribution is 7.88. The summed E-state index contributed by atoms with van der Waals surface area (Å²) in [5.41, 5.74) is 4.78. The van der Waals surface area contributed by atoms with Crippen molar-refractivity contribution in [3.05, 3.63) is 70.3 Å². The molecule has 0 heterocycles. The number of fused-ring (bicyclic) bond motifs is 1. The van der Waals surface area contributed by atoms with E-state index in [1.165, 1.54) is 31.1 Å². The molecule has 1 N–H and O–H groups in total. The largest absolute Gasteiger partial charge is 0.465 e. The lowest BCUT2D eigenvalue weighted by Gasteiger charge is -2.21. The summed E-state index contributed by atoms with van der Waals surface area (Å²) in [5.74, 6) is -0.568. The molecule has 0 aromatic heterocycles. The summed E-state index contributed by atoms with van der Waals surface area (Å²) < 4.78 is 32.9. The van der Waals surface area contributed by atoms with Crippen LogP contribution in [0.2, 0.25) is 0 Å². The molecule has 2 aromatic rings. The third kappa shape index (κ3) is 5.00. The number of sulfonamides is 1. The molecule has 0 bridgehead atoms. The molecule has 0 saturated carbocycles. The highest BCUT2D eigenvalue weighted by Crippen LogP contribution is 2.26. The molecule has 1 atom stereocenters. The van der Waals surface area contributed by atoms with Crippen molar-refractivity contribution in [3.8, 4) is 0 Å². The number of benzene rings is 2. The van der Waals surface area contributed by atoms with E-state index in [2.05, 4.69) is 21.6 Å². The molecule has 0 radical (unpaired) electrons. The van der Waals surface area contributed by atoms with Crippen LogP contribution in [0.25, 0.3) is 0 Å². The van der Waals surface area contributed by atoms with Crippen molar-refractivity contribution >= 4 is 16.0 Å². The van der Waals surface area contributed by atoms with E-state index in [0.29, 0.717) is 17.5 Å². The first-order chi connectivity index (χ1) is 13.4. The molecule has 0 amide bonds. The molecule has 1 aliphatic rings. The fourth-order valence-electron chi connectivity index (χ4n) is 3.69. The summed E-state index contributed by atoms with van der Waals surface area (Å²) in [4.78, 5) is 11.5. The number of hydrogen-bond acceptors (Lipinski definition) is 4. The first kappa shape index (κ1) is 20.6. The maximum Gasteiger partial charge on any atom is 0.337 e. The molecule has 0 saturated heterocycles. The van der Waals surface area contributed by atoms with Gasteiger partial charge in [-0.25, -0.2) is 17.9 Å². The monoisotopic (exact) mass is 401 g/mol. The SMILES string of the molecule is CC[C@H](NS(=O)(=O)Cc1ccc(C(=O)OC)cc1)c1ccc2c(c1)CCCC2. The van der Waals surface area contributed by atoms with E-state index in [-0.39, 0.29) is 11.8 Å². The second-order valence-electron chi connectivity index (χ2n) is 7.26. The zero-order valence-corrected chi connectivity index (χ0v) is 17.2. The summed E-state index contributed by atoms with van der Waals surface area (Å²) in [7, 11) is -2.20. The Balaban J connectivity index is 1.72. The fourth-order valence-corrected chi connectivity index (χ4v) is 5.14. The van der Waals surface area contributed by atoms with Gasteiger partial charge in [0.05, 0.1) is 18.4 Å². The van der Waals surface area contributed by atoms with Gasteiger partial charge in [0.15, 0.2) is 0 Å². The van der Waals surface area contributed by atoms with E-state index in [1.54, 1.807) is 24.3 Å². The summed E-state index contributed by atoms with van der Waals surface area (Å²) in [6, 6.07) is 12.6. The van der Waals surface area contributed by atoms with Crippen LogP contribution >= 0.6 is 0 Å². The molecule has 3 rings (SSSR count). The van der Waals surface area contributed by atoms with Crippen molar-refractivity contribution in [2.24, 2.45) is 0 Å². The van der Waals surface area contributed by atoms with Crippen molar-refractivity contribution in [1.82, 2.24) is 4.72 Å². The Bertz CT molecular complexity index is 936. The molecule has 150 valence electrons. The van der Waals surface area contributed by atoms with Crippen LogP contribution in [-0.2, 0) is 33.4 Å². The molecule has 0 spiro atoms. The van der Waals surface area contributed by atoms with Crippen LogP contribution in [0.4, 0.5) is 0 Å². The number of rotatable bonds is 7. The standard InChI is InChI=1S/C22H27NO4S/c1-3-21(20-13-12-17-6-4-5-7-19(17)14-20)23-28(25,26)15-16-8-10-18(11-9-16)22(24)27-2/h8-14,21,23H,3-7,15H2,1-2H3/t21-/m0/s1. The van der Waals surface area contributed by atoms with Gasteiger partial charge in [0.2, 0.25) is 10.0 Å². The molecule has 0 aliphatic heterocycles. The van der Waals surface area contributed by atoms with Crippen LogP contribution in [0.5, 0.6) is 0 Å². The Morgan fingerprint density at radius 2 is 1.75 bits per heavy atom. The van der Waals surface area contributed by atoms with Crippen molar-refractivity contribution in [1.29, 1.82) is 0 Å². The van der Waals surface area contributed by atoms with E-state index in [1.807, 2.05) is 13.0 Å². The number of ether oxygens (including phenoxy) is 1. The van der Waals surface area contributed by atoms with Crippen LogP contribution in [0.15, 0.2) is 42.5 Å². The number of aryl methyl sites for hydroxylation is 2. The number of methoxy groups -OCH3 is 1. The summed E-state index contributed by atoms with van der Waals surface area (Å²) in [5, 5.41) is 0. The lowest BCUT2D eigenvalue weighted by molar-refractivity contribution is 0.0600. The van der Waals surface area contributed by atoms with Crippen molar-refractivity contribution in [3.63, 3.8) is 0 Å². The van der Waals surface area contributed by atoms with Gasteiger partial charge in [-0.1, -0.05) is 37.3 Å². The van der Waals surface area contributed by atoms with Gasteiger partial charge in [-0.05, 0) is 66.5 Å². The highest BCUT2D eigenvalue weighted by Gasteiger charge is 2.20. The van der Waals surface area contributed by atoms with Crippen LogP contribution in [0.3, 0.4) is 0 Å². The second kappa shape index (κ2) is 8.88. The van der Waals surface area contributed by atoms with Crippen LogP contribution in [0, 0.1) is 0 Å². The van der Waals surface area contributed by atoms with E-state index in [4.69, 9.17) is 0 Å². The summed E-state index contributed by atoms with van der Waals surface area (Å²) >= 11 is 0. The van der Waals surface area contributed by atoms with E-state index < -0.39 is 16.0 Å². The number of esters is 1. The Labute approximate surface area is 167 Å². The van der Waals surface area contributed by atoms with Gasteiger partial charge in [0, 0.05) is 6.04 Å². The third-order valence-corrected chi connectivity index (χ3v) is 6.59. The lowest BCUT2D eigenvalue weighted by Crippen LogP contribution is -2.29. The zero-order valence-electron chi connectivity index (χ0n) is 16.4. The minimum Gasteiger partial charge on any atom is -0.465 e. The molecule has 6 heteroatoms. The van der Waals surface area contributed by atoms with Gasteiger partial charge in [-0.15, -0.1) is 0 Å². The molecule has 2 aromatic carbocycles. The Hall–Kier alpha value is -2.18. The average molecular weight is 402 g/mol. The van der Waals surface area contributed by atoms with E-state index >= 15 is 0 Å². The van der Waals surface area contributed by atoms with E-state index in [9.17, 15) is 13.2 Å². The molecule has 5 nitrogen and oxygen atoms in total. The van der Waals surface area contributed by atoms with Crippen LogP contribution in [0.1, 0.15) is 64.8 Å². The Morgan fingerprint density at radius 1 is 1.07 bits per heavy atom. The number of nitrogens with one attached hydrogen (secondary N) is 1. The molecule has 28 heavy (non-hydrogen) atoms. The topological polar surface area (TPSA) is 72.5 Å². The smallest absolute Gasteiger partial charge is 0.337 e. The predicted molar refractivity (Wildman–Crippen MR) is 110 cm³/mol. The molecule has 1 aliphatic carbocycles. The van der Waals surface area contributed by atoms with E-state index in [0.717, 1.165) is 18.4 Å². The van der Waals surface area contributed by atoms with Gasteiger partial charge in [-0.2, -0.15) is 0 Å². The number of carbonyl (C=O) groups excluding carboxylic acids is 1. The first-order valence-electron chi connectivity index (χ1n) is 9.71. The number of carbonyl (C=O) groups is 1. The van der Waals surface area contributed by atoms with Gasteiger partial charge >= 0.3 is 5.97 Å². The normalized spacial score (nSPS) is 14.9. The molecular weight excluding hydrogens is 374 g/mol. The van der Waals surface area contributed by atoms with Crippen molar-refractivity contribution < 1.29 is 17.9 Å². The van der Waals surface area contributed by atoms with Crippen LogP contribution in [-0.4, -0.2) is 21.5 Å². The average Bonchev–Trinajstić information content (AvgIpc) is 2.71. The predicted octanol–water partition coefficient (Wildman–Crippen LogP) is 3.92. The second-order valence-corrected chi connectivity index (χ2v) is 9.02. The molecule has 0 fully saturated rings. The highest BCUT2D eigenvalue weighted by atomic mass is 32.2. The van der Waals surface area contributed by atoms with Crippen molar-refractivity contribution in [2.45, 2.75) is 50.8 Å². The summed E-state index contributed by atoms with van der Waals surface area (Å²) in [6.07, 6.45) is 5.28. The quantitative estimate of drug-likeness (QED) is 0.714. The van der Waals surface area contributed by atoms with Gasteiger partial charge in [-0.3, -0.25) is 0 Å². The Kier molecular flexibility index (Phi) is 6.52. The zero-order chi connectivity index (χ0) is 20.1. The fraction of sp³-hybridized carbons (Fsp3) is 0.409. The lowest BCUT2D eigenvalue weighted by atomic mass is 9.89. The first-order valence-corrected chi connectivity index (χ1v) is 11.4. The minimum atomic E-state index is -3.52. The van der Waals surface area contributed by atoms with Crippen LogP contribution < -0.4 is 4.72 Å². The maximum absolute atomic E-state index is 12.7. The third-order valence-electron chi connectivity index (χ3n) is 5.24. The molecule has 0 unspecified atom stereocenters. The number of hydrogen-bond donors (Lipinski definition) is 1. The Morgan fingerprint density at radius 3 is 2.39 bits per heavy atom. The molecular formula is C22H27NO4S. The van der Waals surface area contributed by atoms with Crippen molar-refractivity contribution in [2.75, 3.05) is 7.11 Å². The van der Waals surface area contributed by atoms with Gasteiger partial charge in [0.25, 0.3) is 0 Å². The minimum absolute atomic E-state index is 0.129. The van der Waals surface area contributed by atoms with Gasteiger partial charge < -0.3 is 4.74 Å². The summed E-state index contributed by atoms with van der Waals surface area (Å²) in [6.45, 7) is 1.98.